The molecule has 0 saturated heterocycles. The fourth-order valence-corrected chi connectivity index (χ4v) is 3.97. The molecule has 20 heavy (non-hydrogen) atoms. The third-order valence-corrected chi connectivity index (χ3v) is 5.17. The minimum Gasteiger partial charge on any atom is -0.279 e. The van der Waals surface area contributed by atoms with E-state index in [1.165, 1.54) is 0 Å². The van der Waals surface area contributed by atoms with Gasteiger partial charge >= 0.3 is 0 Å². The standard InChI is InChI=1S/C15H13NO2S2/c1-10(17)16-12-5-3-4-6-14(12)19-15-9-11(20(2)18)7-8-13(15)16/h3-9H,1-2H3. The van der Waals surface area contributed by atoms with Gasteiger partial charge < -0.3 is 0 Å². The first-order chi connectivity index (χ1) is 9.58. The Morgan fingerprint density at radius 3 is 2.50 bits per heavy atom. The smallest absolute Gasteiger partial charge is 0.228 e. The van der Waals surface area contributed by atoms with Crippen LogP contribution in [0.3, 0.4) is 0 Å². The molecule has 102 valence electrons. The van der Waals surface area contributed by atoms with Crippen molar-refractivity contribution < 1.29 is 9.00 Å². The van der Waals surface area contributed by atoms with Crippen molar-refractivity contribution in [1.82, 2.24) is 0 Å². The Morgan fingerprint density at radius 1 is 1.10 bits per heavy atom. The van der Waals surface area contributed by atoms with Crippen LogP contribution in [0.25, 0.3) is 0 Å². The van der Waals surface area contributed by atoms with Gasteiger partial charge in [-0.3, -0.25) is 13.9 Å². The molecule has 0 N–H and O–H groups in total. The number of rotatable bonds is 1. The molecule has 2 aromatic carbocycles. The highest BCUT2D eigenvalue weighted by atomic mass is 32.2. The maximum absolute atomic E-state index is 12.0. The average Bonchev–Trinajstić information content (AvgIpc) is 2.43. The molecule has 1 unspecified atom stereocenters. The maximum atomic E-state index is 12.0. The molecule has 1 heterocycles. The number of para-hydroxylation sites is 1. The van der Waals surface area contributed by atoms with Gasteiger partial charge in [-0.05, 0) is 30.3 Å². The first-order valence-electron chi connectivity index (χ1n) is 6.13. The summed E-state index contributed by atoms with van der Waals surface area (Å²) in [6.45, 7) is 1.56. The molecule has 0 saturated carbocycles. The number of carbonyl (C=O) groups is 1. The molecular formula is C15H13NO2S2. The number of fused-ring (bicyclic) bond motifs is 2. The van der Waals surface area contributed by atoms with E-state index in [9.17, 15) is 9.00 Å². The lowest BCUT2D eigenvalue weighted by Gasteiger charge is -2.30. The van der Waals surface area contributed by atoms with Crippen molar-refractivity contribution in [2.75, 3.05) is 11.2 Å². The third kappa shape index (κ3) is 2.17. The number of hydrogen-bond donors (Lipinski definition) is 0. The number of anilines is 2. The summed E-state index contributed by atoms with van der Waals surface area (Å²) in [5.74, 6) is -0.0237. The second-order valence-electron chi connectivity index (χ2n) is 4.51. The minimum absolute atomic E-state index is 0.0237. The van der Waals surface area contributed by atoms with Crippen LogP contribution >= 0.6 is 11.8 Å². The fraction of sp³-hybridized carbons (Fsp3) is 0.133. The molecule has 1 amide bonds. The van der Waals surface area contributed by atoms with Gasteiger partial charge in [-0.25, -0.2) is 0 Å². The molecule has 1 aliphatic heterocycles. The summed E-state index contributed by atoms with van der Waals surface area (Å²) in [5, 5.41) is 0. The molecule has 0 spiro atoms. The largest absolute Gasteiger partial charge is 0.279 e. The van der Waals surface area contributed by atoms with Gasteiger partial charge in [-0.1, -0.05) is 23.9 Å². The highest BCUT2D eigenvalue weighted by Gasteiger charge is 2.26. The van der Waals surface area contributed by atoms with E-state index in [1.54, 1.807) is 29.8 Å². The fourth-order valence-electron chi connectivity index (χ4n) is 2.26. The number of hydrogen-bond acceptors (Lipinski definition) is 3. The molecule has 0 aromatic heterocycles. The second-order valence-corrected chi connectivity index (χ2v) is 6.97. The zero-order valence-corrected chi connectivity index (χ0v) is 12.8. The van der Waals surface area contributed by atoms with Crippen molar-refractivity contribution in [3.63, 3.8) is 0 Å². The van der Waals surface area contributed by atoms with Crippen molar-refractivity contribution in [3.05, 3.63) is 42.5 Å². The van der Waals surface area contributed by atoms with Crippen LogP contribution in [0, 0.1) is 0 Å². The van der Waals surface area contributed by atoms with Crippen LogP contribution < -0.4 is 4.90 Å². The Bertz CT molecular complexity index is 728. The van der Waals surface area contributed by atoms with Crippen LogP contribution in [0.4, 0.5) is 11.4 Å². The van der Waals surface area contributed by atoms with Gasteiger partial charge in [0.05, 0.1) is 11.4 Å². The zero-order valence-electron chi connectivity index (χ0n) is 11.1. The number of amides is 1. The summed E-state index contributed by atoms with van der Waals surface area (Å²) in [7, 11) is -1.02. The van der Waals surface area contributed by atoms with Crippen molar-refractivity contribution in [2.24, 2.45) is 0 Å². The molecule has 3 rings (SSSR count). The highest BCUT2D eigenvalue weighted by Crippen LogP contribution is 2.48. The molecule has 5 heteroatoms. The Kier molecular flexibility index (Phi) is 3.40. The Balaban J connectivity index is 2.20. The predicted octanol–water partition coefficient (Wildman–Crippen LogP) is 3.57. The van der Waals surface area contributed by atoms with Gasteiger partial charge in [-0.2, -0.15) is 0 Å². The molecule has 3 nitrogen and oxygen atoms in total. The number of nitrogens with zero attached hydrogens (tertiary/aromatic N) is 1. The van der Waals surface area contributed by atoms with Crippen molar-refractivity contribution in [1.29, 1.82) is 0 Å². The molecule has 0 aliphatic carbocycles. The first-order valence-corrected chi connectivity index (χ1v) is 8.50. The lowest BCUT2D eigenvalue weighted by atomic mass is 10.2. The number of carbonyl (C=O) groups excluding carboxylic acids is 1. The second kappa shape index (κ2) is 5.07. The lowest BCUT2D eigenvalue weighted by Crippen LogP contribution is -2.25. The van der Waals surface area contributed by atoms with Gasteiger partial charge in [0.15, 0.2) is 0 Å². The van der Waals surface area contributed by atoms with Gasteiger partial charge in [-0.15, -0.1) is 0 Å². The van der Waals surface area contributed by atoms with Gasteiger partial charge in [0, 0.05) is 38.7 Å². The molecule has 1 aliphatic rings. The summed E-state index contributed by atoms with van der Waals surface area (Å²) in [6, 6.07) is 13.4. The van der Waals surface area contributed by atoms with Crippen LogP contribution in [0.2, 0.25) is 0 Å². The van der Waals surface area contributed by atoms with Crippen molar-refractivity contribution in [3.8, 4) is 0 Å². The molecule has 2 aromatic rings. The topological polar surface area (TPSA) is 37.4 Å². The summed E-state index contributed by atoms with van der Waals surface area (Å²) in [5.41, 5.74) is 1.76. The van der Waals surface area contributed by atoms with Crippen molar-refractivity contribution >= 4 is 39.8 Å². The monoisotopic (exact) mass is 303 g/mol. The van der Waals surface area contributed by atoms with Crippen LogP contribution in [-0.2, 0) is 15.6 Å². The Morgan fingerprint density at radius 2 is 1.80 bits per heavy atom. The van der Waals surface area contributed by atoms with E-state index >= 15 is 0 Å². The average molecular weight is 303 g/mol. The summed E-state index contributed by atoms with van der Waals surface area (Å²) >= 11 is 1.61. The van der Waals surface area contributed by atoms with Gasteiger partial charge in [0.1, 0.15) is 0 Å². The van der Waals surface area contributed by atoms with Crippen LogP contribution in [0.15, 0.2) is 57.2 Å². The van der Waals surface area contributed by atoms with E-state index in [0.29, 0.717) is 0 Å². The lowest BCUT2D eigenvalue weighted by molar-refractivity contribution is -0.115. The van der Waals surface area contributed by atoms with E-state index in [-0.39, 0.29) is 5.91 Å². The van der Waals surface area contributed by atoms with Gasteiger partial charge in [0.25, 0.3) is 0 Å². The van der Waals surface area contributed by atoms with E-state index in [0.717, 1.165) is 26.1 Å². The Labute approximate surface area is 124 Å². The molecular weight excluding hydrogens is 290 g/mol. The summed E-state index contributed by atoms with van der Waals surface area (Å²) < 4.78 is 11.6. The minimum atomic E-state index is -1.02. The molecule has 0 radical (unpaired) electrons. The SMILES string of the molecule is CC(=O)N1c2ccccc2Sc2cc(S(C)=O)ccc21. The quantitative estimate of drug-likeness (QED) is 0.808. The predicted molar refractivity (Wildman–Crippen MR) is 82.2 cm³/mol. The molecule has 0 bridgehead atoms. The number of benzene rings is 2. The normalized spacial score (nSPS) is 14.4. The highest BCUT2D eigenvalue weighted by molar-refractivity contribution is 7.99. The third-order valence-electron chi connectivity index (χ3n) is 3.15. The van der Waals surface area contributed by atoms with E-state index in [1.807, 2.05) is 42.5 Å². The van der Waals surface area contributed by atoms with E-state index in [4.69, 9.17) is 0 Å². The summed E-state index contributed by atoms with van der Waals surface area (Å²) in [4.78, 5) is 16.5. The van der Waals surface area contributed by atoms with Gasteiger partial charge in [0.2, 0.25) is 5.91 Å². The summed E-state index contributed by atoms with van der Waals surface area (Å²) in [6.07, 6.45) is 1.66. The molecule has 1 atom stereocenters. The van der Waals surface area contributed by atoms with Crippen LogP contribution in [0.5, 0.6) is 0 Å². The van der Waals surface area contributed by atoms with Crippen LogP contribution in [-0.4, -0.2) is 16.4 Å². The van der Waals surface area contributed by atoms with E-state index in [2.05, 4.69) is 0 Å². The maximum Gasteiger partial charge on any atom is 0.228 e. The van der Waals surface area contributed by atoms with Crippen LogP contribution in [0.1, 0.15) is 6.92 Å². The molecule has 0 fully saturated rings. The Hall–Kier alpha value is -1.59. The van der Waals surface area contributed by atoms with Crippen molar-refractivity contribution in [2.45, 2.75) is 21.6 Å². The van der Waals surface area contributed by atoms with E-state index < -0.39 is 10.8 Å². The first kappa shape index (κ1) is 13.4. The zero-order chi connectivity index (χ0) is 14.3.